The summed E-state index contributed by atoms with van der Waals surface area (Å²) in [5.41, 5.74) is -0.569. The number of nitrogens with one attached hydrogen (secondary N) is 2. The second-order valence-corrected chi connectivity index (χ2v) is 10.3. The summed E-state index contributed by atoms with van der Waals surface area (Å²) in [7, 11) is 1.67. The lowest BCUT2D eigenvalue weighted by molar-refractivity contribution is -0.571. The van der Waals surface area contributed by atoms with Crippen LogP contribution in [0.3, 0.4) is 0 Å². The molecule has 0 radical (unpaired) electrons. The van der Waals surface area contributed by atoms with E-state index in [1.54, 1.807) is 7.05 Å². The van der Waals surface area contributed by atoms with Crippen molar-refractivity contribution in [1.29, 1.82) is 0 Å². The van der Waals surface area contributed by atoms with Crippen molar-refractivity contribution in [3.05, 3.63) is 0 Å². The Bertz CT molecular complexity index is 720. The number of fused-ring (bicyclic) bond motifs is 2. The average molecular weight is 455 g/mol. The zero-order valence-corrected chi connectivity index (χ0v) is 19.6. The number of carbonyl (C=O) groups excluding carboxylic acids is 1. The summed E-state index contributed by atoms with van der Waals surface area (Å²) in [5, 5.41) is 14.7. The van der Waals surface area contributed by atoms with E-state index >= 15 is 0 Å². The second-order valence-electron chi connectivity index (χ2n) is 10.3. The molecule has 3 N–H and O–H groups in total. The molecule has 9 nitrogen and oxygen atoms in total. The normalized spacial score (nSPS) is 43.8. The number of amides is 1. The van der Waals surface area contributed by atoms with Crippen LogP contribution in [0, 0.1) is 23.7 Å². The third-order valence-electron chi connectivity index (χ3n) is 8.33. The van der Waals surface area contributed by atoms with E-state index in [1.807, 2.05) is 6.92 Å². The van der Waals surface area contributed by atoms with Gasteiger partial charge in [0, 0.05) is 25.3 Å². The molecule has 0 unspecified atom stereocenters. The molecule has 9 heteroatoms. The van der Waals surface area contributed by atoms with Gasteiger partial charge in [0.25, 0.3) is 0 Å². The number of carboxylic acid groups (broad SMARTS) is 1. The Morgan fingerprint density at radius 3 is 2.66 bits per heavy atom. The number of rotatable bonds is 8. The van der Waals surface area contributed by atoms with Crippen LogP contribution in [0.15, 0.2) is 0 Å². The first-order valence-electron chi connectivity index (χ1n) is 12.1. The molecule has 4 heterocycles. The Morgan fingerprint density at radius 2 is 1.94 bits per heavy atom. The minimum Gasteiger partial charge on any atom is -0.481 e. The van der Waals surface area contributed by atoms with Gasteiger partial charge in [0.05, 0.1) is 12.1 Å². The van der Waals surface area contributed by atoms with Crippen molar-refractivity contribution in [2.75, 3.05) is 13.6 Å². The van der Waals surface area contributed by atoms with E-state index in [4.69, 9.17) is 24.4 Å². The van der Waals surface area contributed by atoms with Crippen molar-refractivity contribution in [3.63, 3.8) is 0 Å². The van der Waals surface area contributed by atoms with E-state index in [0.29, 0.717) is 24.8 Å². The van der Waals surface area contributed by atoms with Crippen LogP contribution >= 0.6 is 0 Å². The fourth-order valence-corrected chi connectivity index (χ4v) is 6.44. The van der Waals surface area contributed by atoms with Crippen molar-refractivity contribution in [3.8, 4) is 0 Å². The predicted molar refractivity (Wildman–Crippen MR) is 114 cm³/mol. The van der Waals surface area contributed by atoms with E-state index in [9.17, 15) is 9.59 Å². The van der Waals surface area contributed by atoms with Crippen molar-refractivity contribution < 1.29 is 33.9 Å². The highest BCUT2D eigenvalue weighted by atomic mass is 17.3. The Hall–Kier alpha value is -1.26. The molecule has 32 heavy (non-hydrogen) atoms. The number of aliphatic carboxylic acids is 1. The van der Waals surface area contributed by atoms with Crippen LogP contribution in [0.5, 0.6) is 0 Å². The van der Waals surface area contributed by atoms with Crippen LogP contribution in [-0.4, -0.2) is 60.4 Å². The first-order chi connectivity index (χ1) is 15.2. The summed E-state index contributed by atoms with van der Waals surface area (Å²) < 4.78 is 12.9. The molecule has 9 atom stereocenters. The SMILES string of the molecule is CN[C@@H](CCC(=O)O)C(=O)NCC[C@H]1O[C@@H]2O[C@]3(C)CC[C@H]4[C@H](C)CC[C@@H]([C@H]1C)[C@@]24OO3. The number of carbonyl (C=O) groups is 2. The van der Waals surface area contributed by atoms with Gasteiger partial charge in [-0.15, -0.1) is 0 Å². The third kappa shape index (κ3) is 4.18. The van der Waals surface area contributed by atoms with E-state index in [0.717, 1.165) is 25.7 Å². The minimum atomic E-state index is -0.908. The van der Waals surface area contributed by atoms with Crippen LogP contribution < -0.4 is 10.6 Å². The second kappa shape index (κ2) is 9.18. The molecule has 5 fully saturated rings. The Balaban J connectivity index is 1.41. The maximum Gasteiger partial charge on any atom is 0.303 e. The standard InChI is InChI=1S/C23H38N2O7/c1-13-5-6-16-14(2)18(10-12-25-20(28)17(24-4)7-8-19(26)27)29-21-23(16)15(13)9-11-22(3,30-21)31-32-23/h13-18,21,24H,5-12H2,1-4H3,(H,25,28)(H,26,27)/t13-,14-,15+,16+,17+,18-,21-,22+,23-/m1/s1. The zero-order chi connectivity index (χ0) is 23.1. The Kier molecular flexibility index (Phi) is 6.85. The molecule has 0 aromatic carbocycles. The highest BCUT2D eigenvalue weighted by Gasteiger charge is 2.69. The molecule has 1 spiro atoms. The number of ether oxygens (including phenoxy) is 2. The highest BCUT2D eigenvalue weighted by molar-refractivity contribution is 5.82. The Morgan fingerprint density at radius 1 is 1.16 bits per heavy atom. The molecule has 4 aliphatic heterocycles. The van der Waals surface area contributed by atoms with Crippen LogP contribution in [0.25, 0.3) is 0 Å². The fraction of sp³-hybridized carbons (Fsp3) is 0.913. The molecule has 1 amide bonds. The van der Waals surface area contributed by atoms with Crippen molar-refractivity contribution in [2.45, 2.75) is 95.5 Å². The lowest BCUT2D eigenvalue weighted by Crippen LogP contribution is -2.70. The van der Waals surface area contributed by atoms with E-state index in [-0.39, 0.29) is 36.7 Å². The summed E-state index contributed by atoms with van der Waals surface area (Å²) in [6.07, 6.45) is 4.31. The summed E-state index contributed by atoms with van der Waals surface area (Å²) in [6, 6.07) is -0.522. The first kappa shape index (κ1) is 23.9. The van der Waals surface area contributed by atoms with Crippen molar-refractivity contribution in [2.24, 2.45) is 23.7 Å². The predicted octanol–water partition coefficient (Wildman–Crippen LogP) is 2.20. The van der Waals surface area contributed by atoms with Gasteiger partial charge in [-0.1, -0.05) is 13.8 Å². The van der Waals surface area contributed by atoms with Gasteiger partial charge < -0.3 is 25.2 Å². The maximum absolute atomic E-state index is 12.5. The van der Waals surface area contributed by atoms with Gasteiger partial charge in [0.1, 0.15) is 0 Å². The lowest BCUT2D eigenvalue weighted by Gasteiger charge is -2.60. The van der Waals surface area contributed by atoms with Crippen molar-refractivity contribution in [1.82, 2.24) is 10.6 Å². The van der Waals surface area contributed by atoms with Crippen LogP contribution in [0.4, 0.5) is 0 Å². The third-order valence-corrected chi connectivity index (χ3v) is 8.33. The van der Waals surface area contributed by atoms with E-state index in [1.165, 1.54) is 0 Å². The van der Waals surface area contributed by atoms with Gasteiger partial charge in [-0.25, -0.2) is 9.78 Å². The number of hydrogen-bond acceptors (Lipinski definition) is 7. The fourth-order valence-electron chi connectivity index (χ4n) is 6.44. The topological polar surface area (TPSA) is 115 Å². The van der Waals surface area contributed by atoms with Crippen LogP contribution in [0.2, 0.25) is 0 Å². The molecule has 0 aromatic heterocycles. The van der Waals surface area contributed by atoms with Gasteiger partial charge >= 0.3 is 5.97 Å². The number of hydrogen-bond donors (Lipinski definition) is 3. The summed E-state index contributed by atoms with van der Waals surface area (Å²) in [4.78, 5) is 35.3. The van der Waals surface area contributed by atoms with Crippen LogP contribution in [0.1, 0.15) is 65.7 Å². The van der Waals surface area contributed by atoms with Gasteiger partial charge in [0.15, 0.2) is 11.9 Å². The molecule has 0 aromatic rings. The maximum atomic E-state index is 12.5. The van der Waals surface area contributed by atoms with Gasteiger partial charge in [-0.2, -0.15) is 0 Å². The van der Waals surface area contributed by atoms with Crippen molar-refractivity contribution >= 4 is 11.9 Å². The molecular weight excluding hydrogens is 416 g/mol. The zero-order valence-electron chi connectivity index (χ0n) is 19.6. The lowest BCUT2D eigenvalue weighted by atomic mass is 9.57. The highest BCUT2D eigenvalue weighted by Crippen LogP contribution is 2.60. The molecule has 5 rings (SSSR count). The molecule has 5 aliphatic rings. The largest absolute Gasteiger partial charge is 0.481 e. The van der Waals surface area contributed by atoms with E-state index < -0.39 is 29.7 Å². The molecule has 182 valence electrons. The minimum absolute atomic E-state index is 0.0507. The summed E-state index contributed by atoms with van der Waals surface area (Å²) in [6.45, 7) is 6.88. The van der Waals surface area contributed by atoms with E-state index in [2.05, 4.69) is 24.5 Å². The van der Waals surface area contributed by atoms with Gasteiger partial charge in [-0.05, 0) is 63.8 Å². The number of likely N-dealkylation sites (N-methyl/N-ethyl adjacent to an activating group) is 1. The summed E-state index contributed by atoms with van der Waals surface area (Å²) in [5.74, 6) is -0.516. The molecule has 4 saturated heterocycles. The van der Waals surface area contributed by atoms with Gasteiger partial charge in [0.2, 0.25) is 11.7 Å². The summed E-state index contributed by atoms with van der Waals surface area (Å²) >= 11 is 0. The smallest absolute Gasteiger partial charge is 0.303 e. The molecular formula is C23H38N2O7. The van der Waals surface area contributed by atoms with Gasteiger partial charge in [-0.3, -0.25) is 9.59 Å². The molecule has 1 aliphatic carbocycles. The Labute approximate surface area is 189 Å². The quantitative estimate of drug-likeness (QED) is 0.478. The molecule has 1 saturated carbocycles. The first-order valence-corrected chi connectivity index (χ1v) is 12.1. The van der Waals surface area contributed by atoms with Crippen LogP contribution in [-0.2, 0) is 28.8 Å². The monoisotopic (exact) mass is 454 g/mol. The molecule has 2 bridgehead atoms. The average Bonchev–Trinajstić information content (AvgIpc) is 2.98. The number of carboxylic acids is 1.